The average Bonchev–Trinajstić information content (AvgIpc) is 2.93. The van der Waals surface area contributed by atoms with Crippen LogP contribution in [-0.2, 0) is 11.3 Å². The summed E-state index contributed by atoms with van der Waals surface area (Å²) in [4.78, 5) is 0. The van der Waals surface area contributed by atoms with E-state index in [9.17, 15) is 0 Å². The van der Waals surface area contributed by atoms with Crippen molar-refractivity contribution in [3.05, 3.63) is 35.9 Å². The molecule has 0 aromatic heterocycles. The summed E-state index contributed by atoms with van der Waals surface area (Å²) in [6.07, 6.45) is 0.833. The molecule has 0 aliphatic heterocycles. The first-order chi connectivity index (χ1) is 7.63. The molecular formula is C12H17BO3. The summed E-state index contributed by atoms with van der Waals surface area (Å²) in [6.45, 7) is 3.08. The quantitative estimate of drug-likeness (QED) is 0.738. The molecule has 2 N–H and O–H groups in total. The van der Waals surface area contributed by atoms with Gasteiger partial charge in [0, 0.05) is 11.9 Å². The van der Waals surface area contributed by atoms with Crippen molar-refractivity contribution in [2.75, 3.05) is 6.61 Å². The Morgan fingerprint density at radius 3 is 2.62 bits per heavy atom. The third kappa shape index (κ3) is 2.46. The summed E-state index contributed by atoms with van der Waals surface area (Å²) in [7, 11) is -1.22. The lowest BCUT2D eigenvalue weighted by molar-refractivity contribution is 0.107. The standard InChI is InChI=1S/C12H17BO3/c1-12(13(14)15)7-11(12)9-16-8-10-5-3-2-4-6-10/h2-6,11,14-15H,7-9H2,1H3/t11-,12+/m1/s1. The average molecular weight is 220 g/mol. The van der Waals surface area contributed by atoms with Crippen molar-refractivity contribution in [1.29, 1.82) is 0 Å². The van der Waals surface area contributed by atoms with Crippen LogP contribution in [0, 0.1) is 5.92 Å². The minimum atomic E-state index is -1.22. The molecule has 0 bridgehead atoms. The highest BCUT2D eigenvalue weighted by Crippen LogP contribution is 2.60. The van der Waals surface area contributed by atoms with E-state index in [-0.39, 0.29) is 11.2 Å². The van der Waals surface area contributed by atoms with Gasteiger partial charge in [-0.1, -0.05) is 37.3 Å². The first-order valence-electron chi connectivity index (χ1n) is 5.61. The lowest BCUT2D eigenvalue weighted by Gasteiger charge is -2.09. The Balaban J connectivity index is 1.71. The second-order valence-electron chi connectivity index (χ2n) is 4.78. The van der Waals surface area contributed by atoms with Crippen LogP contribution in [0.15, 0.2) is 30.3 Å². The minimum Gasteiger partial charge on any atom is -0.427 e. The molecule has 0 saturated heterocycles. The van der Waals surface area contributed by atoms with Crippen LogP contribution in [0.3, 0.4) is 0 Å². The zero-order valence-corrected chi connectivity index (χ0v) is 9.47. The molecule has 1 aromatic carbocycles. The van der Waals surface area contributed by atoms with Crippen molar-refractivity contribution in [3.63, 3.8) is 0 Å². The van der Waals surface area contributed by atoms with E-state index in [0.717, 1.165) is 12.0 Å². The second kappa shape index (κ2) is 4.57. The molecule has 0 spiro atoms. The van der Waals surface area contributed by atoms with Crippen LogP contribution < -0.4 is 0 Å². The van der Waals surface area contributed by atoms with E-state index in [1.807, 2.05) is 37.3 Å². The fourth-order valence-corrected chi connectivity index (χ4v) is 1.93. The van der Waals surface area contributed by atoms with E-state index in [2.05, 4.69) is 0 Å². The smallest absolute Gasteiger partial charge is 0.427 e. The molecule has 3 nitrogen and oxygen atoms in total. The molecule has 4 heteroatoms. The topological polar surface area (TPSA) is 49.7 Å². The normalized spacial score (nSPS) is 27.8. The summed E-state index contributed by atoms with van der Waals surface area (Å²) in [6, 6.07) is 9.98. The van der Waals surface area contributed by atoms with Crippen molar-refractivity contribution in [2.24, 2.45) is 5.92 Å². The third-order valence-corrected chi connectivity index (χ3v) is 3.48. The lowest BCUT2D eigenvalue weighted by atomic mass is 9.69. The van der Waals surface area contributed by atoms with Crippen molar-refractivity contribution >= 4 is 7.12 Å². The van der Waals surface area contributed by atoms with Gasteiger partial charge in [-0.3, -0.25) is 0 Å². The fraction of sp³-hybridized carbons (Fsp3) is 0.500. The maximum absolute atomic E-state index is 9.14. The largest absolute Gasteiger partial charge is 0.458 e. The molecule has 0 unspecified atom stereocenters. The van der Waals surface area contributed by atoms with Crippen molar-refractivity contribution in [3.8, 4) is 0 Å². The monoisotopic (exact) mass is 220 g/mol. The molecule has 0 heterocycles. The van der Waals surface area contributed by atoms with E-state index >= 15 is 0 Å². The third-order valence-electron chi connectivity index (χ3n) is 3.48. The molecule has 2 atom stereocenters. The highest BCUT2D eigenvalue weighted by Gasteiger charge is 2.57. The highest BCUT2D eigenvalue weighted by molar-refractivity contribution is 6.46. The van der Waals surface area contributed by atoms with Crippen LogP contribution in [0.4, 0.5) is 0 Å². The summed E-state index contributed by atoms with van der Waals surface area (Å²) in [5.74, 6) is 0.274. The number of hydrogen-bond donors (Lipinski definition) is 2. The van der Waals surface area contributed by atoms with Gasteiger partial charge in [-0.2, -0.15) is 0 Å². The maximum atomic E-state index is 9.14. The van der Waals surface area contributed by atoms with Crippen LogP contribution in [0.2, 0.25) is 5.31 Å². The van der Waals surface area contributed by atoms with Gasteiger partial charge in [0.1, 0.15) is 0 Å². The van der Waals surface area contributed by atoms with E-state index < -0.39 is 7.12 Å². The Hall–Kier alpha value is -0.835. The van der Waals surface area contributed by atoms with E-state index in [4.69, 9.17) is 14.8 Å². The predicted molar refractivity (Wildman–Crippen MR) is 62.8 cm³/mol. The van der Waals surface area contributed by atoms with Crippen LogP contribution in [-0.4, -0.2) is 23.8 Å². The zero-order valence-electron chi connectivity index (χ0n) is 9.47. The van der Waals surface area contributed by atoms with Crippen LogP contribution in [0.1, 0.15) is 18.9 Å². The fourth-order valence-electron chi connectivity index (χ4n) is 1.93. The number of ether oxygens (including phenoxy) is 1. The molecule has 1 saturated carbocycles. The highest BCUT2D eigenvalue weighted by atomic mass is 16.5. The van der Waals surface area contributed by atoms with Gasteiger partial charge < -0.3 is 14.8 Å². The molecule has 1 aromatic rings. The Kier molecular flexibility index (Phi) is 3.33. The van der Waals surface area contributed by atoms with E-state index in [0.29, 0.717) is 13.2 Å². The molecule has 86 valence electrons. The number of benzene rings is 1. The number of hydrogen-bond acceptors (Lipinski definition) is 3. The van der Waals surface area contributed by atoms with Gasteiger partial charge in [0.05, 0.1) is 6.61 Å². The molecule has 0 amide bonds. The Labute approximate surface area is 96.2 Å². The second-order valence-corrected chi connectivity index (χ2v) is 4.78. The summed E-state index contributed by atoms with van der Waals surface area (Å²) in [5, 5.41) is 17.9. The van der Waals surface area contributed by atoms with Gasteiger partial charge in [0.25, 0.3) is 0 Å². The van der Waals surface area contributed by atoms with Gasteiger partial charge in [0.2, 0.25) is 0 Å². The van der Waals surface area contributed by atoms with Crippen LogP contribution >= 0.6 is 0 Å². The maximum Gasteiger partial charge on any atom is 0.458 e. The first-order valence-corrected chi connectivity index (χ1v) is 5.61. The van der Waals surface area contributed by atoms with Gasteiger partial charge in [-0.05, 0) is 17.9 Å². The molecule has 1 aliphatic rings. The van der Waals surface area contributed by atoms with Gasteiger partial charge in [-0.15, -0.1) is 0 Å². The first kappa shape index (κ1) is 11.6. The van der Waals surface area contributed by atoms with Crippen molar-refractivity contribution in [1.82, 2.24) is 0 Å². The van der Waals surface area contributed by atoms with Crippen LogP contribution in [0.25, 0.3) is 0 Å². The van der Waals surface area contributed by atoms with Crippen molar-refractivity contribution < 1.29 is 14.8 Å². The Bertz CT molecular complexity index is 341. The molecule has 1 aliphatic carbocycles. The molecule has 0 radical (unpaired) electrons. The lowest BCUT2D eigenvalue weighted by Crippen LogP contribution is -2.21. The minimum absolute atomic E-state index is 0.274. The summed E-state index contributed by atoms with van der Waals surface area (Å²) < 4.78 is 5.57. The summed E-state index contributed by atoms with van der Waals surface area (Å²) in [5.41, 5.74) is 1.15. The van der Waals surface area contributed by atoms with Gasteiger partial charge in [0.15, 0.2) is 0 Å². The molecule has 2 rings (SSSR count). The Morgan fingerprint density at radius 2 is 2.06 bits per heavy atom. The zero-order chi connectivity index (χ0) is 11.6. The van der Waals surface area contributed by atoms with Gasteiger partial charge in [-0.25, -0.2) is 0 Å². The predicted octanol–water partition coefficient (Wildman–Crippen LogP) is 1.46. The van der Waals surface area contributed by atoms with E-state index in [1.54, 1.807) is 0 Å². The number of rotatable bonds is 5. The van der Waals surface area contributed by atoms with Crippen LogP contribution in [0.5, 0.6) is 0 Å². The molecule has 1 fully saturated rings. The molecule has 16 heavy (non-hydrogen) atoms. The van der Waals surface area contributed by atoms with Gasteiger partial charge >= 0.3 is 7.12 Å². The van der Waals surface area contributed by atoms with Crippen molar-refractivity contribution in [2.45, 2.75) is 25.3 Å². The van der Waals surface area contributed by atoms with E-state index in [1.165, 1.54) is 0 Å². The Morgan fingerprint density at radius 1 is 1.38 bits per heavy atom. The molecular weight excluding hydrogens is 203 g/mol. The summed E-state index contributed by atoms with van der Waals surface area (Å²) >= 11 is 0. The SMILES string of the molecule is C[C@]1(B(O)O)C[C@@H]1COCc1ccccc1.